The van der Waals surface area contributed by atoms with E-state index in [2.05, 4.69) is 5.09 Å². The van der Waals surface area contributed by atoms with Crippen molar-refractivity contribution in [2.24, 2.45) is 0 Å². The summed E-state index contributed by atoms with van der Waals surface area (Å²) in [6.45, 7) is 1.78. The molecule has 0 saturated heterocycles. The van der Waals surface area contributed by atoms with E-state index in [9.17, 15) is 9.36 Å². The zero-order valence-corrected chi connectivity index (χ0v) is 13.2. The molecule has 2 bridgehead atoms. The first-order chi connectivity index (χ1) is 9.28. The van der Waals surface area contributed by atoms with Gasteiger partial charge < -0.3 is 9.26 Å². The Morgan fingerprint density at radius 1 is 1.40 bits per heavy atom. The van der Waals surface area contributed by atoms with E-state index in [1.54, 1.807) is 6.92 Å². The molecule has 0 fully saturated rings. The quantitative estimate of drug-likeness (QED) is 0.586. The predicted octanol–water partition coefficient (Wildman–Crippen LogP) is 3.45. The third-order valence-electron chi connectivity index (χ3n) is 3.22. The number of rotatable bonds is 0. The summed E-state index contributed by atoms with van der Waals surface area (Å²) < 4.78 is 22.6. The third-order valence-corrected chi connectivity index (χ3v) is 4.97. The van der Waals surface area contributed by atoms with Crippen LogP contribution in [0.25, 0.3) is 0 Å². The van der Waals surface area contributed by atoms with Crippen molar-refractivity contribution < 1.29 is 18.6 Å². The lowest BCUT2D eigenvalue weighted by Crippen LogP contribution is -2.33. The number of halogens is 1. The maximum absolute atomic E-state index is 12.1. The number of benzene rings is 1. The Hall–Kier alpha value is -0.870. The molecule has 0 spiro atoms. The first kappa shape index (κ1) is 15.5. The Bertz CT molecular complexity index is 577. The van der Waals surface area contributed by atoms with Gasteiger partial charge in [0.25, 0.3) is 0 Å². The van der Waals surface area contributed by atoms with Crippen LogP contribution in [0.1, 0.15) is 36.6 Å². The Morgan fingerprint density at radius 2 is 2.10 bits per heavy atom. The second-order valence-electron chi connectivity index (χ2n) is 4.87. The van der Waals surface area contributed by atoms with Gasteiger partial charge in [-0.05, 0) is 54.8 Å². The molecule has 1 aliphatic heterocycles. The summed E-state index contributed by atoms with van der Waals surface area (Å²) in [5, 5.41) is 2.48. The number of esters is 1. The molecule has 1 aromatic rings. The highest BCUT2D eigenvalue weighted by Crippen LogP contribution is 2.49. The molecule has 110 valence electrons. The highest BCUT2D eigenvalue weighted by molar-refractivity contribution is 7.83. The summed E-state index contributed by atoms with van der Waals surface area (Å²) in [6.07, 6.45) is -0.390. The highest BCUT2D eigenvalue weighted by atomic mass is 35.7. The van der Waals surface area contributed by atoms with Crippen LogP contribution >= 0.6 is 18.1 Å². The number of fused-ring (bicyclic) bond motifs is 2. The van der Waals surface area contributed by atoms with E-state index in [1.807, 2.05) is 25.1 Å². The van der Waals surface area contributed by atoms with E-state index in [0.717, 1.165) is 16.7 Å². The minimum atomic E-state index is -3.58. The molecule has 20 heavy (non-hydrogen) atoms. The molecule has 1 heterocycles. The maximum Gasteiger partial charge on any atom is 0.361 e. The minimum Gasteiger partial charge on any atom is -0.457 e. The molecule has 0 aliphatic carbocycles. The largest absolute Gasteiger partial charge is 0.457 e. The molecular weight excluding hydrogens is 301 g/mol. The lowest BCUT2D eigenvalue weighted by molar-refractivity contribution is -0.150. The normalized spacial score (nSPS) is 31.3. The van der Waals surface area contributed by atoms with E-state index in [0.29, 0.717) is 0 Å². The van der Waals surface area contributed by atoms with E-state index >= 15 is 0 Å². The molecular formula is C13H17ClNO4P. The second-order valence-corrected chi connectivity index (χ2v) is 7.68. The van der Waals surface area contributed by atoms with E-state index < -0.39 is 18.9 Å². The fraction of sp³-hybridized carbons (Fsp3) is 0.462. The monoisotopic (exact) mass is 317 g/mol. The van der Waals surface area contributed by atoms with Crippen molar-refractivity contribution in [3.8, 4) is 0 Å². The molecule has 7 heteroatoms. The number of cyclic esters (lactones) is 1. The summed E-state index contributed by atoms with van der Waals surface area (Å²) in [6, 6.07) is 4.87. The van der Waals surface area contributed by atoms with Crippen LogP contribution in [0, 0.1) is 6.92 Å². The fourth-order valence-electron chi connectivity index (χ4n) is 1.92. The molecule has 0 radical (unpaired) electrons. The van der Waals surface area contributed by atoms with Gasteiger partial charge in [0.15, 0.2) is 0 Å². The Morgan fingerprint density at radius 3 is 2.80 bits per heavy atom. The topological polar surface area (TPSA) is 64.6 Å². The molecule has 0 amide bonds. The first-order valence-electron chi connectivity index (χ1n) is 6.30. The third kappa shape index (κ3) is 3.61. The number of hydrogen-bond acceptors (Lipinski definition) is 4. The molecule has 2 unspecified atom stereocenters. The van der Waals surface area contributed by atoms with Crippen LogP contribution in [0.4, 0.5) is 0 Å². The molecule has 0 aromatic heterocycles. The van der Waals surface area contributed by atoms with Gasteiger partial charge in [0.2, 0.25) is 0 Å². The molecule has 1 aliphatic rings. The Balaban J connectivity index is 2.39. The van der Waals surface area contributed by atoms with Gasteiger partial charge in [-0.2, -0.15) is 0 Å². The van der Waals surface area contributed by atoms with Gasteiger partial charge in [-0.3, -0.25) is 9.36 Å². The van der Waals surface area contributed by atoms with Crippen molar-refractivity contribution in [3.05, 3.63) is 34.9 Å². The van der Waals surface area contributed by atoms with Crippen molar-refractivity contribution in [1.82, 2.24) is 5.09 Å². The molecule has 3 atom stereocenters. The van der Waals surface area contributed by atoms with E-state index in [1.165, 1.54) is 6.92 Å². The van der Waals surface area contributed by atoms with Gasteiger partial charge in [0.05, 0.1) is 6.61 Å². The standard InChI is InChI=1S/C13H17ClNO4P/c1-8-4-5-11-6-12(8)7-18-20(14,17)15-9(2)13(16)19-10(11)3/h4-6,9-10H,7H2,1-3H3,(H,15,17)/t9-,10?,20?/m1/s1. The average Bonchev–Trinajstić information content (AvgIpc) is 2.37. The summed E-state index contributed by atoms with van der Waals surface area (Å²) in [7, 11) is 0. The number of aryl methyl sites for hydroxylation is 1. The number of nitrogens with one attached hydrogen (secondary N) is 1. The Kier molecular flexibility index (Phi) is 4.55. The van der Waals surface area contributed by atoms with Crippen molar-refractivity contribution >= 4 is 24.1 Å². The summed E-state index contributed by atoms with van der Waals surface area (Å²) in [5.74, 6) is -0.522. The molecule has 1 N–H and O–H groups in total. The SMILES string of the molecule is Cc1ccc2cc1COP(=O)(Cl)N[C@H](C)C(=O)OC2C. The van der Waals surface area contributed by atoms with Crippen LogP contribution in [0.15, 0.2) is 18.2 Å². The minimum absolute atomic E-state index is 0.112. The molecule has 0 saturated carbocycles. The van der Waals surface area contributed by atoms with Crippen molar-refractivity contribution in [2.75, 3.05) is 0 Å². The number of hydrogen-bond donors (Lipinski definition) is 1. The lowest BCUT2D eigenvalue weighted by Gasteiger charge is -2.18. The fourth-order valence-corrected chi connectivity index (χ4v) is 3.45. The van der Waals surface area contributed by atoms with Gasteiger partial charge in [-0.15, -0.1) is 0 Å². The van der Waals surface area contributed by atoms with Crippen molar-refractivity contribution in [2.45, 2.75) is 39.5 Å². The molecule has 1 aromatic carbocycles. The molecule has 5 nitrogen and oxygen atoms in total. The highest BCUT2D eigenvalue weighted by Gasteiger charge is 2.29. The number of carbonyl (C=O) groups is 1. The Labute approximate surface area is 122 Å². The van der Waals surface area contributed by atoms with Crippen LogP contribution in [0.5, 0.6) is 0 Å². The van der Waals surface area contributed by atoms with Gasteiger partial charge in [0.1, 0.15) is 12.1 Å². The molecule has 2 rings (SSSR count). The average molecular weight is 318 g/mol. The van der Waals surface area contributed by atoms with Crippen LogP contribution in [-0.2, 0) is 25.2 Å². The van der Waals surface area contributed by atoms with Crippen molar-refractivity contribution in [1.29, 1.82) is 0 Å². The zero-order chi connectivity index (χ0) is 14.9. The van der Waals surface area contributed by atoms with Crippen LogP contribution in [-0.4, -0.2) is 12.0 Å². The van der Waals surface area contributed by atoms with Gasteiger partial charge in [-0.25, -0.2) is 5.09 Å². The van der Waals surface area contributed by atoms with Crippen molar-refractivity contribution in [3.63, 3.8) is 0 Å². The number of ether oxygens (including phenoxy) is 1. The van der Waals surface area contributed by atoms with Gasteiger partial charge >= 0.3 is 12.8 Å². The number of carbonyl (C=O) groups excluding carboxylic acids is 1. The van der Waals surface area contributed by atoms with E-state index in [-0.39, 0.29) is 12.7 Å². The van der Waals surface area contributed by atoms with Crippen LogP contribution < -0.4 is 5.09 Å². The first-order valence-corrected chi connectivity index (χ1v) is 8.83. The predicted molar refractivity (Wildman–Crippen MR) is 76.5 cm³/mol. The second kappa shape index (κ2) is 5.86. The summed E-state index contributed by atoms with van der Waals surface area (Å²) in [5.41, 5.74) is 2.72. The van der Waals surface area contributed by atoms with E-state index in [4.69, 9.17) is 20.5 Å². The van der Waals surface area contributed by atoms with Crippen LogP contribution in [0.3, 0.4) is 0 Å². The van der Waals surface area contributed by atoms with Gasteiger partial charge in [0, 0.05) is 0 Å². The summed E-state index contributed by atoms with van der Waals surface area (Å²) in [4.78, 5) is 11.9. The smallest absolute Gasteiger partial charge is 0.361 e. The zero-order valence-electron chi connectivity index (χ0n) is 11.6. The summed E-state index contributed by atoms with van der Waals surface area (Å²) >= 11 is 5.80. The maximum atomic E-state index is 12.1. The lowest BCUT2D eigenvalue weighted by atomic mass is 10.0. The van der Waals surface area contributed by atoms with Gasteiger partial charge in [-0.1, -0.05) is 12.1 Å². The van der Waals surface area contributed by atoms with Crippen LogP contribution in [0.2, 0.25) is 0 Å².